The standard InChI is InChI=1S/C20H28N4O4/c1-20(2,3)28-19(26)23-7-4-15(5-8-23)24-16-10-14(13-6-9-27-12-13)11-21-17(16)22-18(24)25/h10-11,13,15H,4-9,12H2,1-3H3,(H,21,22,25)/t13-/m0/s1. The van der Waals surface area contributed by atoms with Crippen molar-refractivity contribution in [1.29, 1.82) is 0 Å². The molecule has 1 amide bonds. The maximum atomic E-state index is 12.6. The first-order valence-corrected chi connectivity index (χ1v) is 9.97. The highest BCUT2D eigenvalue weighted by Crippen LogP contribution is 2.29. The van der Waals surface area contributed by atoms with Crippen LogP contribution in [0.4, 0.5) is 4.79 Å². The number of nitrogens with zero attached hydrogens (tertiary/aromatic N) is 3. The van der Waals surface area contributed by atoms with Gasteiger partial charge in [-0.1, -0.05) is 0 Å². The molecule has 2 aliphatic heterocycles. The molecule has 2 aliphatic rings. The Balaban J connectivity index is 1.53. The zero-order valence-electron chi connectivity index (χ0n) is 16.7. The molecule has 4 heterocycles. The first-order chi connectivity index (χ1) is 13.3. The fourth-order valence-electron chi connectivity index (χ4n) is 4.04. The van der Waals surface area contributed by atoms with Gasteiger partial charge in [0.2, 0.25) is 0 Å². The van der Waals surface area contributed by atoms with E-state index in [-0.39, 0.29) is 17.8 Å². The van der Waals surface area contributed by atoms with Gasteiger partial charge in [0.15, 0.2) is 5.65 Å². The van der Waals surface area contributed by atoms with Crippen LogP contribution in [0.25, 0.3) is 11.2 Å². The Bertz CT molecular complexity index is 912. The number of pyridine rings is 1. The molecule has 4 rings (SSSR count). The number of amides is 1. The molecule has 0 aromatic carbocycles. The highest BCUT2D eigenvalue weighted by molar-refractivity contribution is 5.72. The van der Waals surface area contributed by atoms with Crippen molar-refractivity contribution in [1.82, 2.24) is 19.4 Å². The van der Waals surface area contributed by atoms with Gasteiger partial charge < -0.3 is 14.4 Å². The number of carbonyl (C=O) groups excluding carboxylic acids is 1. The summed E-state index contributed by atoms with van der Waals surface area (Å²) in [5.41, 5.74) is 1.92. The minimum atomic E-state index is -0.506. The van der Waals surface area contributed by atoms with E-state index in [1.54, 1.807) is 4.90 Å². The molecule has 2 aromatic heterocycles. The zero-order chi connectivity index (χ0) is 19.9. The molecule has 0 spiro atoms. The molecule has 8 nitrogen and oxygen atoms in total. The van der Waals surface area contributed by atoms with Crippen LogP contribution in [-0.4, -0.2) is 57.4 Å². The van der Waals surface area contributed by atoms with Crippen LogP contribution in [0.1, 0.15) is 57.6 Å². The van der Waals surface area contributed by atoms with Crippen LogP contribution in [0, 0.1) is 0 Å². The number of likely N-dealkylation sites (tertiary alicyclic amines) is 1. The average molecular weight is 388 g/mol. The molecule has 0 bridgehead atoms. The number of hydrogen-bond donors (Lipinski definition) is 1. The Kier molecular flexibility index (Phi) is 4.91. The lowest BCUT2D eigenvalue weighted by atomic mass is 10.00. The van der Waals surface area contributed by atoms with Crippen molar-refractivity contribution in [3.05, 3.63) is 28.3 Å². The number of ether oxygens (including phenoxy) is 2. The lowest BCUT2D eigenvalue weighted by Crippen LogP contribution is -2.43. The van der Waals surface area contributed by atoms with E-state index in [9.17, 15) is 9.59 Å². The number of aromatic nitrogens is 3. The maximum absolute atomic E-state index is 12.6. The third kappa shape index (κ3) is 3.78. The number of piperidine rings is 1. The Morgan fingerprint density at radius 1 is 1.29 bits per heavy atom. The molecule has 1 atom stereocenters. The van der Waals surface area contributed by atoms with E-state index in [0.29, 0.717) is 44.1 Å². The molecule has 2 aromatic rings. The van der Waals surface area contributed by atoms with Crippen molar-refractivity contribution < 1.29 is 14.3 Å². The molecule has 0 radical (unpaired) electrons. The summed E-state index contributed by atoms with van der Waals surface area (Å²) in [5, 5.41) is 0. The summed E-state index contributed by atoms with van der Waals surface area (Å²) in [6, 6.07) is 2.11. The highest BCUT2D eigenvalue weighted by atomic mass is 16.6. The average Bonchev–Trinajstić information content (AvgIpc) is 3.27. The SMILES string of the molecule is CC(C)(C)OC(=O)N1CCC(n2c(=O)[nH]c3ncc([C@H]4CCOC4)cc32)CC1. The van der Waals surface area contributed by atoms with Gasteiger partial charge in [-0.2, -0.15) is 0 Å². The van der Waals surface area contributed by atoms with Crippen LogP contribution >= 0.6 is 0 Å². The number of carbonyl (C=O) groups is 1. The first-order valence-electron chi connectivity index (χ1n) is 9.97. The molecule has 28 heavy (non-hydrogen) atoms. The van der Waals surface area contributed by atoms with Crippen molar-refractivity contribution in [2.75, 3.05) is 26.3 Å². The molecule has 8 heteroatoms. The van der Waals surface area contributed by atoms with Gasteiger partial charge >= 0.3 is 11.8 Å². The van der Waals surface area contributed by atoms with Gasteiger partial charge in [0.25, 0.3) is 0 Å². The molecule has 2 fully saturated rings. The number of fused-ring (bicyclic) bond motifs is 1. The van der Waals surface area contributed by atoms with Gasteiger partial charge in [-0.3, -0.25) is 9.55 Å². The van der Waals surface area contributed by atoms with Crippen LogP contribution < -0.4 is 5.69 Å². The minimum absolute atomic E-state index is 0.0387. The van der Waals surface area contributed by atoms with Crippen LogP contribution in [0.15, 0.2) is 17.1 Å². The lowest BCUT2D eigenvalue weighted by molar-refractivity contribution is 0.0189. The summed E-state index contributed by atoms with van der Waals surface area (Å²) in [4.78, 5) is 34.0. The monoisotopic (exact) mass is 388 g/mol. The quantitative estimate of drug-likeness (QED) is 0.854. The molecule has 2 saturated heterocycles. The van der Waals surface area contributed by atoms with E-state index in [0.717, 1.165) is 24.1 Å². The molecule has 0 unspecified atom stereocenters. The van der Waals surface area contributed by atoms with Crippen molar-refractivity contribution in [3.63, 3.8) is 0 Å². The van der Waals surface area contributed by atoms with Gasteiger partial charge in [0.1, 0.15) is 5.60 Å². The summed E-state index contributed by atoms with van der Waals surface area (Å²) in [6.45, 7) is 8.21. The van der Waals surface area contributed by atoms with E-state index in [2.05, 4.69) is 16.0 Å². The second-order valence-corrected chi connectivity index (χ2v) is 8.70. The van der Waals surface area contributed by atoms with Gasteiger partial charge in [-0.05, 0) is 51.7 Å². The molecular formula is C20H28N4O4. The normalized spacial score (nSPS) is 21.4. The Morgan fingerprint density at radius 2 is 2.04 bits per heavy atom. The summed E-state index contributed by atoms with van der Waals surface area (Å²) < 4.78 is 12.8. The summed E-state index contributed by atoms with van der Waals surface area (Å²) in [5.74, 6) is 0.337. The maximum Gasteiger partial charge on any atom is 0.410 e. The molecular weight excluding hydrogens is 360 g/mol. The highest BCUT2D eigenvalue weighted by Gasteiger charge is 2.29. The Labute approximate surface area is 163 Å². The van der Waals surface area contributed by atoms with Gasteiger partial charge in [-0.15, -0.1) is 0 Å². The number of imidazole rings is 1. The minimum Gasteiger partial charge on any atom is -0.444 e. The smallest absolute Gasteiger partial charge is 0.410 e. The fraction of sp³-hybridized carbons (Fsp3) is 0.650. The van der Waals surface area contributed by atoms with E-state index >= 15 is 0 Å². The Morgan fingerprint density at radius 3 is 2.68 bits per heavy atom. The largest absolute Gasteiger partial charge is 0.444 e. The predicted octanol–water partition coefficient (Wildman–Crippen LogP) is 2.80. The molecule has 152 valence electrons. The first kappa shape index (κ1) is 19.0. The second kappa shape index (κ2) is 7.24. The third-order valence-electron chi connectivity index (χ3n) is 5.47. The van der Waals surface area contributed by atoms with Crippen LogP contribution in [0.3, 0.4) is 0 Å². The van der Waals surface area contributed by atoms with E-state index in [4.69, 9.17) is 9.47 Å². The third-order valence-corrected chi connectivity index (χ3v) is 5.47. The van der Waals surface area contributed by atoms with Crippen molar-refractivity contribution in [2.45, 2.75) is 57.6 Å². The number of nitrogens with one attached hydrogen (secondary N) is 1. The summed E-state index contributed by atoms with van der Waals surface area (Å²) in [7, 11) is 0. The molecule has 0 saturated carbocycles. The van der Waals surface area contributed by atoms with Gasteiger partial charge in [0.05, 0.1) is 12.1 Å². The lowest BCUT2D eigenvalue weighted by Gasteiger charge is -2.33. The molecule has 1 N–H and O–H groups in total. The topological polar surface area (TPSA) is 89.5 Å². The number of H-pyrrole nitrogens is 1. The van der Waals surface area contributed by atoms with Gasteiger partial charge in [0, 0.05) is 37.9 Å². The van der Waals surface area contributed by atoms with Crippen LogP contribution in [0.5, 0.6) is 0 Å². The summed E-state index contributed by atoms with van der Waals surface area (Å²) in [6.07, 6.45) is 3.96. The summed E-state index contributed by atoms with van der Waals surface area (Å²) >= 11 is 0. The van der Waals surface area contributed by atoms with Crippen molar-refractivity contribution in [2.24, 2.45) is 0 Å². The fourth-order valence-corrected chi connectivity index (χ4v) is 4.04. The van der Waals surface area contributed by atoms with E-state index < -0.39 is 5.60 Å². The van der Waals surface area contributed by atoms with Crippen molar-refractivity contribution >= 4 is 17.3 Å². The second-order valence-electron chi connectivity index (χ2n) is 8.70. The van der Waals surface area contributed by atoms with Crippen molar-refractivity contribution in [3.8, 4) is 0 Å². The van der Waals surface area contributed by atoms with Gasteiger partial charge in [-0.25, -0.2) is 14.6 Å². The Hall–Kier alpha value is -2.35. The number of aromatic amines is 1. The predicted molar refractivity (Wildman–Crippen MR) is 105 cm³/mol. The van der Waals surface area contributed by atoms with E-state index in [1.807, 2.05) is 31.5 Å². The molecule has 0 aliphatic carbocycles. The van der Waals surface area contributed by atoms with Crippen LogP contribution in [0.2, 0.25) is 0 Å². The zero-order valence-corrected chi connectivity index (χ0v) is 16.7. The number of hydrogen-bond acceptors (Lipinski definition) is 5. The van der Waals surface area contributed by atoms with E-state index in [1.165, 1.54) is 0 Å². The number of rotatable bonds is 2. The van der Waals surface area contributed by atoms with Crippen LogP contribution in [-0.2, 0) is 9.47 Å².